The molecule has 0 saturated heterocycles. The van der Waals surface area contributed by atoms with Gasteiger partial charge in [0.15, 0.2) is 0 Å². The highest BCUT2D eigenvalue weighted by Crippen LogP contribution is 2.52. The van der Waals surface area contributed by atoms with Gasteiger partial charge in [0.2, 0.25) is 0 Å². The topological polar surface area (TPSA) is 59.1 Å². The zero-order chi connectivity index (χ0) is 28.5. The van der Waals surface area contributed by atoms with Crippen LogP contribution in [0, 0.1) is 0 Å². The quantitative estimate of drug-likeness (QED) is 0.375. The third-order valence-electron chi connectivity index (χ3n) is 10.8. The molecular formula is C34H38N4O2-2. The van der Waals surface area contributed by atoms with E-state index in [2.05, 4.69) is 136 Å². The maximum Gasteiger partial charge on any atom is 0.106 e. The molecule has 0 radical (unpaired) electrons. The molecule has 2 heterocycles. The predicted molar refractivity (Wildman–Crippen MR) is 163 cm³/mol. The Morgan fingerprint density at radius 1 is 0.525 bits per heavy atom. The highest BCUT2D eigenvalue weighted by molar-refractivity contribution is 6.07. The van der Waals surface area contributed by atoms with Gasteiger partial charge < -0.3 is 29.8 Å². The van der Waals surface area contributed by atoms with Gasteiger partial charge in [-0.2, -0.15) is 0 Å². The summed E-state index contributed by atoms with van der Waals surface area (Å²) in [6.45, 7) is 8.78. The fraction of sp³-hybridized carbons (Fsp3) is 0.412. The van der Waals surface area contributed by atoms with Gasteiger partial charge >= 0.3 is 0 Å². The minimum atomic E-state index is -0.989. The van der Waals surface area contributed by atoms with Crippen molar-refractivity contribution in [1.29, 1.82) is 0 Å². The van der Waals surface area contributed by atoms with Crippen LogP contribution in [-0.2, 0) is 0 Å². The van der Waals surface area contributed by atoms with Crippen molar-refractivity contribution in [2.75, 3.05) is 47.8 Å². The Kier molecular flexibility index (Phi) is 5.13. The molecule has 1 saturated carbocycles. The molecule has 0 unspecified atom stereocenters. The molecule has 0 spiro atoms. The highest BCUT2D eigenvalue weighted by atomic mass is 16.3. The monoisotopic (exact) mass is 534 g/mol. The van der Waals surface area contributed by atoms with E-state index in [0.29, 0.717) is 0 Å². The number of benzene rings is 4. The van der Waals surface area contributed by atoms with Crippen LogP contribution < -0.4 is 29.8 Å². The molecule has 1 fully saturated rings. The summed E-state index contributed by atoms with van der Waals surface area (Å²) in [4.78, 5) is 9.12. The second-order valence-corrected chi connectivity index (χ2v) is 13.0. The first-order chi connectivity index (χ1) is 18.9. The summed E-state index contributed by atoms with van der Waals surface area (Å²) in [6.07, 6.45) is -1.98. The average Bonchev–Trinajstić information content (AvgIpc) is 2.92. The van der Waals surface area contributed by atoms with E-state index in [1.807, 2.05) is 0 Å². The molecule has 0 atom stereocenters. The Labute approximate surface area is 237 Å². The molecule has 6 nitrogen and oxygen atoms in total. The van der Waals surface area contributed by atoms with E-state index in [-0.39, 0.29) is 11.3 Å². The van der Waals surface area contributed by atoms with Crippen LogP contribution in [0.5, 0.6) is 0 Å². The molecule has 0 amide bonds. The number of hydrogen-bond acceptors (Lipinski definition) is 6. The van der Waals surface area contributed by atoms with Crippen LogP contribution in [0.4, 0.5) is 22.7 Å². The molecule has 6 heteroatoms. The number of anilines is 4. The van der Waals surface area contributed by atoms with Gasteiger partial charge in [-0.1, -0.05) is 36.4 Å². The SMILES string of the molecule is CN1c2cccc3cc(C4C([O-])C(c5cc6c7c(cccc7c5)N(C)C(C)(C)N6C)C4[O-])cc(c23)N(C)C1(C)C. The zero-order valence-electron chi connectivity index (χ0n) is 24.7. The van der Waals surface area contributed by atoms with Crippen molar-refractivity contribution in [3.05, 3.63) is 71.8 Å². The van der Waals surface area contributed by atoms with Gasteiger partial charge in [-0.05, 0) is 85.7 Å². The van der Waals surface area contributed by atoms with Gasteiger partial charge in [0.25, 0.3) is 0 Å². The summed E-state index contributed by atoms with van der Waals surface area (Å²) in [5.74, 6) is -1.13. The first-order valence-corrected chi connectivity index (χ1v) is 14.3. The van der Waals surface area contributed by atoms with Crippen molar-refractivity contribution in [1.82, 2.24) is 0 Å². The molecule has 3 aliphatic rings. The van der Waals surface area contributed by atoms with Gasteiger partial charge in [-0.3, -0.25) is 0 Å². The number of rotatable bonds is 2. The van der Waals surface area contributed by atoms with Crippen LogP contribution >= 0.6 is 0 Å². The maximum atomic E-state index is 14.0. The van der Waals surface area contributed by atoms with E-state index >= 15 is 0 Å². The number of hydrogen-bond donors (Lipinski definition) is 0. The summed E-state index contributed by atoms with van der Waals surface area (Å²) in [5, 5.41) is 32.5. The van der Waals surface area contributed by atoms with E-state index in [0.717, 1.165) is 33.3 Å². The third-order valence-corrected chi connectivity index (χ3v) is 10.8. The molecule has 2 aliphatic heterocycles. The lowest BCUT2D eigenvalue weighted by Crippen LogP contribution is -2.63. The lowest BCUT2D eigenvalue weighted by atomic mass is 9.63. The summed E-state index contributed by atoms with van der Waals surface area (Å²) < 4.78 is 0. The maximum absolute atomic E-state index is 14.0. The van der Waals surface area contributed by atoms with Gasteiger partial charge in [0, 0.05) is 61.7 Å². The van der Waals surface area contributed by atoms with Crippen molar-refractivity contribution in [3.63, 3.8) is 0 Å². The molecule has 208 valence electrons. The van der Waals surface area contributed by atoms with E-state index < -0.39 is 24.0 Å². The summed E-state index contributed by atoms with van der Waals surface area (Å²) >= 11 is 0. The average molecular weight is 535 g/mol. The zero-order valence-corrected chi connectivity index (χ0v) is 24.7. The van der Waals surface area contributed by atoms with Crippen LogP contribution in [0.1, 0.15) is 50.7 Å². The largest absolute Gasteiger partial charge is 0.851 e. The van der Waals surface area contributed by atoms with Gasteiger partial charge in [0.05, 0.1) is 0 Å². The molecule has 0 N–H and O–H groups in total. The first kappa shape index (κ1) is 25.5. The Hall–Kier alpha value is -3.48. The second kappa shape index (κ2) is 8.05. The molecule has 7 rings (SSSR count). The number of nitrogens with zero attached hydrogens (tertiary/aromatic N) is 4. The van der Waals surface area contributed by atoms with Crippen molar-refractivity contribution in [2.45, 2.75) is 63.1 Å². The van der Waals surface area contributed by atoms with Gasteiger partial charge in [-0.25, -0.2) is 0 Å². The minimum absolute atomic E-state index is 0.241. The first-order valence-electron chi connectivity index (χ1n) is 14.3. The second-order valence-electron chi connectivity index (χ2n) is 13.0. The normalized spacial score (nSPS) is 26.4. The van der Waals surface area contributed by atoms with Crippen LogP contribution in [-0.4, -0.2) is 51.7 Å². The molecule has 1 aliphatic carbocycles. The fourth-order valence-corrected chi connectivity index (χ4v) is 7.35. The van der Waals surface area contributed by atoms with E-state index in [1.165, 1.54) is 22.1 Å². The molecule has 4 aromatic rings. The van der Waals surface area contributed by atoms with E-state index in [4.69, 9.17) is 0 Å². The summed E-state index contributed by atoms with van der Waals surface area (Å²) in [7, 11) is 8.44. The Morgan fingerprint density at radius 3 is 1.25 bits per heavy atom. The summed E-state index contributed by atoms with van der Waals surface area (Å²) in [5.41, 5.74) is 5.78. The highest BCUT2D eigenvalue weighted by Gasteiger charge is 2.42. The molecule has 4 aromatic carbocycles. The van der Waals surface area contributed by atoms with Crippen LogP contribution in [0.3, 0.4) is 0 Å². The Bertz CT molecular complexity index is 1560. The van der Waals surface area contributed by atoms with E-state index in [9.17, 15) is 10.2 Å². The van der Waals surface area contributed by atoms with Crippen molar-refractivity contribution in [3.8, 4) is 0 Å². The third kappa shape index (κ3) is 3.06. The lowest BCUT2D eigenvalue weighted by molar-refractivity contribution is -0.536. The fourth-order valence-electron chi connectivity index (χ4n) is 7.35. The van der Waals surface area contributed by atoms with Crippen molar-refractivity contribution < 1.29 is 10.2 Å². The standard InChI is InChI=1S/C34H38N4O2/c1-33(2)35(5)23-13-9-11-19-15-21(17-25(27(19)23)37(33)7)29-31(39)30(32(29)40)22-16-20-12-10-14-24-28(20)26(18-22)38(8)34(3,4)36(24)6/h9-18,29-32H,1-8H3/q-2. The smallest absolute Gasteiger partial charge is 0.106 e. The molecule has 0 aromatic heterocycles. The molecule has 0 bridgehead atoms. The van der Waals surface area contributed by atoms with Crippen LogP contribution in [0.15, 0.2) is 60.7 Å². The van der Waals surface area contributed by atoms with Crippen molar-refractivity contribution in [2.24, 2.45) is 0 Å². The van der Waals surface area contributed by atoms with Crippen LogP contribution in [0.25, 0.3) is 21.5 Å². The molecule has 40 heavy (non-hydrogen) atoms. The van der Waals surface area contributed by atoms with Crippen LogP contribution in [0.2, 0.25) is 0 Å². The predicted octanol–water partition coefficient (Wildman–Crippen LogP) is 4.58. The summed E-state index contributed by atoms with van der Waals surface area (Å²) in [6, 6.07) is 21.0. The minimum Gasteiger partial charge on any atom is -0.851 e. The van der Waals surface area contributed by atoms with Crippen molar-refractivity contribution >= 4 is 44.3 Å². The van der Waals surface area contributed by atoms with Gasteiger partial charge in [0.1, 0.15) is 11.3 Å². The van der Waals surface area contributed by atoms with E-state index in [1.54, 1.807) is 0 Å². The molecular weight excluding hydrogens is 496 g/mol. The Morgan fingerprint density at radius 2 is 0.875 bits per heavy atom. The lowest BCUT2D eigenvalue weighted by Gasteiger charge is -2.62. The van der Waals surface area contributed by atoms with Gasteiger partial charge in [-0.15, -0.1) is 12.2 Å². The Balaban J connectivity index is 1.31.